The lowest BCUT2D eigenvalue weighted by Crippen LogP contribution is -2.00. The molecule has 1 aromatic carbocycles. The number of carbonyl (C=O) groups excluding carboxylic acids is 1. The molecule has 2 nitrogen and oxygen atoms in total. The molecule has 0 amide bonds. The molecule has 0 saturated heterocycles. The maximum absolute atomic E-state index is 11.0. The van der Waals surface area contributed by atoms with Crippen molar-refractivity contribution in [3.63, 3.8) is 0 Å². The van der Waals surface area contributed by atoms with E-state index in [1.54, 1.807) is 6.92 Å². The molecule has 3 heteroatoms. The minimum absolute atomic E-state index is 0.0935. The van der Waals surface area contributed by atoms with Crippen LogP contribution in [0.25, 0.3) is 0 Å². The monoisotopic (exact) mass is 181 g/mol. The number of ketones is 1. The van der Waals surface area contributed by atoms with Gasteiger partial charge in [0, 0.05) is 12.1 Å². The maximum atomic E-state index is 11.0. The van der Waals surface area contributed by atoms with Gasteiger partial charge >= 0.3 is 0 Å². The van der Waals surface area contributed by atoms with Crippen LogP contribution >= 0.6 is 12.8 Å². The van der Waals surface area contributed by atoms with Crippen molar-refractivity contribution in [2.45, 2.75) is 13.5 Å². The van der Waals surface area contributed by atoms with Crippen molar-refractivity contribution in [1.29, 1.82) is 0 Å². The van der Waals surface area contributed by atoms with E-state index < -0.39 is 0 Å². The topological polar surface area (TPSA) is 29.1 Å². The van der Waals surface area contributed by atoms with E-state index in [1.807, 2.05) is 24.3 Å². The van der Waals surface area contributed by atoms with Gasteiger partial charge in [-0.3, -0.25) is 9.52 Å². The van der Waals surface area contributed by atoms with Gasteiger partial charge in [-0.1, -0.05) is 31.0 Å². The highest BCUT2D eigenvalue weighted by molar-refractivity contribution is 7.78. The summed E-state index contributed by atoms with van der Waals surface area (Å²) in [4.78, 5) is 11.0. The summed E-state index contributed by atoms with van der Waals surface area (Å²) >= 11 is 3.88. The summed E-state index contributed by atoms with van der Waals surface area (Å²) in [6, 6.07) is 7.50. The quantitative estimate of drug-likeness (QED) is 0.550. The van der Waals surface area contributed by atoms with Crippen LogP contribution in [0.5, 0.6) is 0 Å². The molecule has 0 aliphatic rings. The number of hydrogen-bond acceptors (Lipinski definition) is 3. The van der Waals surface area contributed by atoms with Gasteiger partial charge in [-0.15, -0.1) is 0 Å². The normalized spacial score (nSPS) is 9.83. The zero-order chi connectivity index (χ0) is 8.97. The summed E-state index contributed by atoms with van der Waals surface area (Å²) in [5.74, 6) is 0.0935. The molecule has 0 aliphatic heterocycles. The molecule has 0 saturated carbocycles. The van der Waals surface area contributed by atoms with E-state index in [4.69, 9.17) is 0 Å². The molecular formula is C9H11NOS. The lowest BCUT2D eigenvalue weighted by molar-refractivity contribution is 0.101. The zero-order valence-corrected chi connectivity index (χ0v) is 7.77. The van der Waals surface area contributed by atoms with E-state index in [-0.39, 0.29) is 5.78 Å². The highest BCUT2D eigenvalue weighted by Crippen LogP contribution is 2.05. The first-order chi connectivity index (χ1) is 5.74. The molecular weight excluding hydrogens is 170 g/mol. The molecule has 0 fully saturated rings. The molecule has 0 aliphatic carbocycles. The smallest absolute Gasteiger partial charge is 0.159 e. The van der Waals surface area contributed by atoms with Gasteiger partial charge in [0.15, 0.2) is 5.78 Å². The van der Waals surface area contributed by atoms with E-state index in [1.165, 1.54) is 0 Å². The summed E-state index contributed by atoms with van der Waals surface area (Å²) in [6.45, 7) is 2.23. The van der Waals surface area contributed by atoms with Gasteiger partial charge in [-0.2, -0.15) is 0 Å². The Morgan fingerprint density at radius 2 is 2.33 bits per heavy atom. The minimum atomic E-state index is 0.0935. The molecule has 0 aromatic heterocycles. The first kappa shape index (κ1) is 9.29. The number of nitrogens with one attached hydrogen (secondary N) is 1. The number of thiol groups is 1. The number of rotatable bonds is 3. The van der Waals surface area contributed by atoms with Crippen LogP contribution in [0.15, 0.2) is 24.3 Å². The number of hydrogen-bond donors (Lipinski definition) is 2. The largest absolute Gasteiger partial charge is 0.295 e. The maximum Gasteiger partial charge on any atom is 0.159 e. The van der Waals surface area contributed by atoms with Gasteiger partial charge in [0.1, 0.15) is 0 Å². The lowest BCUT2D eigenvalue weighted by atomic mass is 10.1. The fourth-order valence-corrected chi connectivity index (χ4v) is 1.17. The van der Waals surface area contributed by atoms with Gasteiger partial charge in [-0.25, -0.2) is 0 Å². The Labute approximate surface area is 77.5 Å². The molecule has 0 bridgehead atoms. The van der Waals surface area contributed by atoms with Crippen LogP contribution in [-0.4, -0.2) is 5.78 Å². The van der Waals surface area contributed by atoms with Gasteiger partial charge < -0.3 is 0 Å². The second-order valence-corrected chi connectivity index (χ2v) is 2.91. The Morgan fingerprint density at radius 1 is 1.58 bits per heavy atom. The molecule has 0 heterocycles. The Hall–Kier alpha value is -0.800. The van der Waals surface area contributed by atoms with E-state index in [9.17, 15) is 4.79 Å². The van der Waals surface area contributed by atoms with Crippen molar-refractivity contribution >= 4 is 18.6 Å². The van der Waals surface area contributed by atoms with Crippen LogP contribution in [0, 0.1) is 0 Å². The fourth-order valence-electron chi connectivity index (χ4n) is 0.992. The highest BCUT2D eigenvalue weighted by atomic mass is 32.1. The van der Waals surface area contributed by atoms with Crippen LogP contribution in [0.4, 0.5) is 0 Å². The minimum Gasteiger partial charge on any atom is -0.295 e. The van der Waals surface area contributed by atoms with Crippen LogP contribution in [0.2, 0.25) is 0 Å². The standard InChI is InChI=1S/C9H11NOS/c1-7(11)9-4-2-3-8(5-9)6-10-12/h2-5,10,12H,6H2,1H3. The van der Waals surface area contributed by atoms with E-state index in [2.05, 4.69) is 17.5 Å². The summed E-state index contributed by atoms with van der Waals surface area (Å²) in [7, 11) is 0. The summed E-state index contributed by atoms with van der Waals surface area (Å²) < 4.78 is 2.73. The first-order valence-electron chi connectivity index (χ1n) is 3.71. The van der Waals surface area contributed by atoms with Crippen molar-refractivity contribution < 1.29 is 4.79 Å². The Balaban J connectivity index is 2.88. The molecule has 0 atom stereocenters. The Kier molecular flexibility index (Phi) is 3.31. The summed E-state index contributed by atoms with van der Waals surface area (Å²) in [5, 5.41) is 0. The molecule has 1 aromatic rings. The van der Waals surface area contributed by atoms with Gasteiger partial charge in [0.2, 0.25) is 0 Å². The molecule has 12 heavy (non-hydrogen) atoms. The Morgan fingerprint density at radius 3 is 2.92 bits per heavy atom. The summed E-state index contributed by atoms with van der Waals surface area (Å²) in [6.07, 6.45) is 0. The molecule has 0 radical (unpaired) electrons. The van der Waals surface area contributed by atoms with Crippen molar-refractivity contribution in [3.05, 3.63) is 35.4 Å². The van der Waals surface area contributed by atoms with Gasteiger partial charge in [0.25, 0.3) is 0 Å². The lowest BCUT2D eigenvalue weighted by Gasteiger charge is -2.00. The third-order valence-corrected chi connectivity index (χ3v) is 1.77. The van der Waals surface area contributed by atoms with Crippen LogP contribution in [0.3, 0.4) is 0 Å². The average Bonchev–Trinajstić information content (AvgIpc) is 2.05. The fraction of sp³-hybridized carbons (Fsp3) is 0.222. The number of carbonyl (C=O) groups is 1. The number of Topliss-reactive ketones (excluding diaryl/α,β-unsaturated/α-hetero) is 1. The Bertz CT molecular complexity index is 286. The number of benzene rings is 1. The van der Waals surface area contributed by atoms with Crippen LogP contribution in [0.1, 0.15) is 22.8 Å². The van der Waals surface area contributed by atoms with Gasteiger partial charge in [-0.05, 0) is 18.6 Å². The third kappa shape index (κ3) is 2.36. The third-order valence-electron chi connectivity index (χ3n) is 1.62. The van der Waals surface area contributed by atoms with Crippen molar-refractivity contribution in [2.75, 3.05) is 0 Å². The van der Waals surface area contributed by atoms with Crippen molar-refractivity contribution in [2.24, 2.45) is 0 Å². The van der Waals surface area contributed by atoms with E-state index in [0.29, 0.717) is 6.54 Å². The molecule has 1 N–H and O–H groups in total. The second kappa shape index (κ2) is 4.28. The van der Waals surface area contributed by atoms with Gasteiger partial charge in [0.05, 0.1) is 0 Å². The summed E-state index contributed by atoms with van der Waals surface area (Å²) in [5.41, 5.74) is 1.81. The molecule has 0 unspecified atom stereocenters. The molecule has 1 rings (SSSR count). The predicted molar refractivity (Wildman–Crippen MR) is 52.3 cm³/mol. The molecule has 0 spiro atoms. The van der Waals surface area contributed by atoms with Crippen molar-refractivity contribution in [1.82, 2.24) is 4.72 Å². The van der Waals surface area contributed by atoms with Crippen LogP contribution < -0.4 is 4.72 Å². The van der Waals surface area contributed by atoms with Crippen LogP contribution in [-0.2, 0) is 6.54 Å². The predicted octanol–water partition coefficient (Wildman–Crippen LogP) is 1.82. The van der Waals surface area contributed by atoms with Crippen molar-refractivity contribution in [3.8, 4) is 0 Å². The average molecular weight is 181 g/mol. The zero-order valence-electron chi connectivity index (χ0n) is 6.87. The van der Waals surface area contributed by atoms with E-state index >= 15 is 0 Å². The second-order valence-electron chi connectivity index (χ2n) is 2.59. The first-order valence-corrected chi connectivity index (χ1v) is 4.15. The highest BCUT2D eigenvalue weighted by Gasteiger charge is 1.98. The molecule has 64 valence electrons. The SMILES string of the molecule is CC(=O)c1cccc(CNS)c1. The van der Waals surface area contributed by atoms with E-state index in [0.717, 1.165) is 11.1 Å².